The van der Waals surface area contributed by atoms with Crippen LogP contribution in [0.3, 0.4) is 0 Å². The second-order valence-electron chi connectivity index (χ2n) is 8.68. The lowest BCUT2D eigenvalue weighted by atomic mass is 9.93. The summed E-state index contributed by atoms with van der Waals surface area (Å²) in [5.41, 5.74) is 2.71. The van der Waals surface area contributed by atoms with Gasteiger partial charge >= 0.3 is 0 Å². The Balaban J connectivity index is 1.74. The molecule has 2 aromatic rings. The van der Waals surface area contributed by atoms with Crippen molar-refractivity contribution in [2.45, 2.75) is 84.8 Å². The second kappa shape index (κ2) is 11.4. The molecule has 1 heterocycles. The van der Waals surface area contributed by atoms with Crippen molar-refractivity contribution in [2.75, 3.05) is 13.1 Å². The first kappa shape index (κ1) is 22.6. The molecule has 0 radical (unpaired) electrons. The van der Waals surface area contributed by atoms with Gasteiger partial charge in [0.25, 0.3) is 5.91 Å². The Kier molecular flexibility index (Phi) is 8.56. The average molecular weight is 411 g/mol. The number of furan rings is 1. The fourth-order valence-corrected chi connectivity index (χ4v) is 4.56. The number of hydrogen-bond acceptors (Lipinski definition) is 3. The number of nitrogens with zero attached hydrogens (tertiary/aromatic N) is 2. The van der Waals surface area contributed by atoms with Crippen molar-refractivity contribution in [3.05, 3.63) is 59.0 Å². The number of carbonyl (C=O) groups is 1. The third-order valence-corrected chi connectivity index (χ3v) is 6.23. The predicted octanol–water partition coefficient (Wildman–Crippen LogP) is 6.19. The molecule has 0 spiro atoms. The maximum atomic E-state index is 12.9. The zero-order valence-corrected chi connectivity index (χ0v) is 19.0. The number of amides is 1. The summed E-state index contributed by atoms with van der Waals surface area (Å²) in [5.74, 6) is 1.39. The minimum Gasteiger partial charge on any atom is -0.455 e. The molecule has 0 N–H and O–H groups in total. The number of hydrogen-bond donors (Lipinski definition) is 0. The van der Waals surface area contributed by atoms with Crippen molar-refractivity contribution >= 4 is 5.91 Å². The molecule has 0 unspecified atom stereocenters. The predicted molar refractivity (Wildman–Crippen MR) is 122 cm³/mol. The van der Waals surface area contributed by atoms with Crippen molar-refractivity contribution < 1.29 is 9.21 Å². The fourth-order valence-electron chi connectivity index (χ4n) is 4.56. The van der Waals surface area contributed by atoms with Crippen molar-refractivity contribution in [3.63, 3.8) is 0 Å². The summed E-state index contributed by atoms with van der Waals surface area (Å²) in [7, 11) is 0. The molecule has 1 aliphatic rings. The van der Waals surface area contributed by atoms with Crippen LogP contribution in [0.4, 0.5) is 0 Å². The van der Waals surface area contributed by atoms with Crippen LogP contribution in [0.5, 0.6) is 0 Å². The van der Waals surface area contributed by atoms with E-state index >= 15 is 0 Å². The lowest BCUT2D eigenvalue weighted by Gasteiger charge is -2.34. The highest BCUT2D eigenvalue weighted by Crippen LogP contribution is 2.27. The molecule has 0 saturated heterocycles. The van der Waals surface area contributed by atoms with Crippen molar-refractivity contribution in [2.24, 2.45) is 0 Å². The Morgan fingerprint density at radius 2 is 1.67 bits per heavy atom. The van der Waals surface area contributed by atoms with Gasteiger partial charge in [0, 0.05) is 25.7 Å². The largest absolute Gasteiger partial charge is 0.455 e. The lowest BCUT2D eigenvalue weighted by molar-refractivity contribution is 0.0716. The normalized spacial score (nSPS) is 14.9. The van der Waals surface area contributed by atoms with Gasteiger partial charge in [-0.3, -0.25) is 9.69 Å². The minimum absolute atomic E-state index is 0.0214. The third-order valence-electron chi connectivity index (χ3n) is 6.23. The Labute approximate surface area is 182 Å². The van der Waals surface area contributed by atoms with Crippen LogP contribution in [0.15, 0.2) is 40.8 Å². The topological polar surface area (TPSA) is 36.7 Å². The number of aryl methyl sites for hydroxylation is 1. The summed E-state index contributed by atoms with van der Waals surface area (Å²) >= 11 is 0. The quantitative estimate of drug-likeness (QED) is 0.469. The number of carbonyl (C=O) groups excluding carboxylic acids is 1. The van der Waals surface area contributed by atoms with Gasteiger partial charge in [-0.15, -0.1) is 0 Å². The zero-order valence-electron chi connectivity index (χ0n) is 19.0. The van der Waals surface area contributed by atoms with Crippen LogP contribution in [-0.4, -0.2) is 34.8 Å². The van der Waals surface area contributed by atoms with Gasteiger partial charge in [0.15, 0.2) is 5.76 Å². The Morgan fingerprint density at radius 1 is 0.967 bits per heavy atom. The SMILES string of the molecule is CCCN(CCC)C(=O)c1ccc(CN(Cc2ccccc2C)C2CCCCC2)o1. The molecular weight excluding hydrogens is 372 g/mol. The van der Waals surface area contributed by atoms with Crippen LogP contribution in [0, 0.1) is 6.92 Å². The number of benzene rings is 1. The van der Waals surface area contributed by atoms with Crippen LogP contribution < -0.4 is 0 Å². The van der Waals surface area contributed by atoms with Crippen molar-refractivity contribution in [1.82, 2.24) is 9.80 Å². The molecule has 4 heteroatoms. The first-order valence-corrected chi connectivity index (χ1v) is 11.8. The van der Waals surface area contributed by atoms with Gasteiger partial charge in [-0.05, 0) is 55.9 Å². The Hall–Kier alpha value is -2.07. The molecular formula is C26H38N2O2. The monoisotopic (exact) mass is 410 g/mol. The van der Waals surface area contributed by atoms with E-state index in [0.29, 0.717) is 11.8 Å². The second-order valence-corrected chi connectivity index (χ2v) is 8.68. The van der Waals surface area contributed by atoms with Gasteiger partial charge in [-0.2, -0.15) is 0 Å². The van der Waals surface area contributed by atoms with Gasteiger partial charge in [-0.1, -0.05) is 57.4 Å². The molecule has 30 heavy (non-hydrogen) atoms. The summed E-state index contributed by atoms with van der Waals surface area (Å²) in [6.45, 7) is 9.66. The highest BCUT2D eigenvalue weighted by atomic mass is 16.4. The molecule has 1 aliphatic carbocycles. The van der Waals surface area contributed by atoms with E-state index in [1.54, 1.807) is 0 Å². The molecule has 1 fully saturated rings. The summed E-state index contributed by atoms with van der Waals surface area (Å²) < 4.78 is 6.08. The van der Waals surface area contributed by atoms with E-state index in [0.717, 1.165) is 44.8 Å². The van der Waals surface area contributed by atoms with E-state index in [1.807, 2.05) is 17.0 Å². The number of rotatable bonds is 10. The van der Waals surface area contributed by atoms with Crippen molar-refractivity contribution in [3.8, 4) is 0 Å². The molecule has 0 atom stereocenters. The van der Waals surface area contributed by atoms with Gasteiger partial charge in [0.1, 0.15) is 5.76 Å². The third kappa shape index (κ3) is 5.98. The average Bonchev–Trinajstić information content (AvgIpc) is 3.23. The van der Waals surface area contributed by atoms with Gasteiger partial charge < -0.3 is 9.32 Å². The van der Waals surface area contributed by atoms with Crippen molar-refractivity contribution in [1.29, 1.82) is 0 Å². The summed E-state index contributed by atoms with van der Waals surface area (Å²) in [4.78, 5) is 17.4. The smallest absolute Gasteiger partial charge is 0.289 e. The summed E-state index contributed by atoms with van der Waals surface area (Å²) in [6, 6.07) is 13.1. The molecule has 1 aromatic heterocycles. The maximum Gasteiger partial charge on any atom is 0.289 e. The fraction of sp³-hybridized carbons (Fsp3) is 0.577. The van der Waals surface area contributed by atoms with E-state index in [1.165, 1.54) is 43.2 Å². The zero-order chi connectivity index (χ0) is 21.3. The maximum absolute atomic E-state index is 12.9. The first-order valence-electron chi connectivity index (χ1n) is 11.8. The van der Waals surface area contributed by atoms with Crippen LogP contribution in [0.25, 0.3) is 0 Å². The highest BCUT2D eigenvalue weighted by molar-refractivity contribution is 5.91. The van der Waals surface area contributed by atoms with E-state index in [-0.39, 0.29) is 5.91 Å². The molecule has 0 aliphatic heterocycles. The Bertz CT molecular complexity index is 786. The molecule has 4 nitrogen and oxygen atoms in total. The molecule has 1 amide bonds. The van der Waals surface area contributed by atoms with Crippen LogP contribution in [-0.2, 0) is 13.1 Å². The summed E-state index contributed by atoms with van der Waals surface area (Å²) in [5, 5.41) is 0. The molecule has 3 rings (SSSR count). The van der Waals surface area contributed by atoms with Crippen LogP contribution in [0.2, 0.25) is 0 Å². The molecule has 1 saturated carbocycles. The van der Waals surface area contributed by atoms with Gasteiger partial charge in [0.2, 0.25) is 0 Å². The standard InChI is InChI=1S/C26H38N2O2/c1-4-17-27(18-5-2)26(29)25-16-15-24(30-25)20-28(23-13-7-6-8-14-23)19-22-12-10-9-11-21(22)3/h9-12,15-16,23H,4-8,13-14,17-20H2,1-3H3. The minimum atomic E-state index is 0.0214. The van der Waals surface area contributed by atoms with Gasteiger partial charge in [-0.25, -0.2) is 0 Å². The van der Waals surface area contributed by atoms with Crippen LogP contribution in [0.1, 0.15) is 86.2 Å². The van der Waals surface area contributed by atoms with Gasteiger partial charge in [0.05, 0.1) is 6.54 Å². The Morgan fingerprint density at radius 3 is 2.33 bits per heavy atom. The first-order chi connectivity index (χ1) is 14.6. The molecule has 0 bridgehead atoms. The lowest BCUT2D eigenvalue weighted by Crippen LogP contribution is -2.36. The molecule has 1 aromatic carbocycles. The van der Waals surface area contributed by atoms with E-state index in [2.05, 4.69) is 49.9 Å². The highest BCUT2D eigenvalue weighted by Gasteiger charge is 2.24. The van der Waals surface area contributed by atoms with Crippen LogP contribution >= 0.6 is 0 Å². The van der Waals surface area contributed by atoms with E-state index in [9.17, 15) is 4.79 Å². The molecule has 164 valence electrons. The van der Waals surface area contributed by atoms with E-state index in [4.69, 9.17) is 4.42 Å². The van der Waals surface area contributed by atoms with E-state index < -0.39 is 0 Å². The summed E-state index contributed by atoms with van der Waals surface area (Å²) in [6.07, 6.45) is 8.38.